The van der Waals surface area contributed by atoms with Crippen LogP contribution in [0.25, 0.3) is 32.0 Å². The average molecular weight is 572 g/mol. The lowest BCUT2D eigenvalue weighted by molar-refractivity contribution is -0.137. The molecule has 0 bridgehead atoms. The van der Waals surface area contributed by atoms with E-state index in [0.29, 0.717) is 21.0 Å². The summed E-state index contributed by atoms with van der Waals surface area (Å²) < 4.78 is 55.0. The zero-order valence-electron chi connectivity index (χ0n) is 20.6. The Bertz CT molecular complexity index is 1560. The van der Waals surface area contributed by atoms with Gasteiger partial charge < -0.3 is 0 Å². The molecule has 0 radical (unpaired) electrons. The van der Waals surface area contributed by atoms with Gasteiger partial charge in [-0.3, -0.25) is 0 Å². The van der Waals surface area contributed by atoms with Crippen LogP contribution in [0.3, 0.4) is 0 Å². The highest BCUT2D eigenvalue weighted by atomic mass is 32.1. The van der Waals surface area contributed by atoms with Crippen LogP contribution in [0.1, 0.15) is 25.1 Å². The molecule has 3 aromatic heterocycles. The molecule has 5 aromatic rings. The van der Waals surface area contributed by atoms with Gasteiger partial charge in [0.05, 0.1) is 5.56 Å². The minimum absolute atomic E-state index is 0.367. The Morgan fingerprint density at radius 1 is 0.676 bits per heavy atom. The molecule has 188 valence electrons. The molecule has 0 saturated carbocycles. The predicted octanol–water partition coefficient (Wildman–Crippen LogP) is 9.90. The molecule has 0 aliphatic rings. The molecule has 0 amide bonds. The Morgan fingerprint density at radius 2 is 1.30 bits per heavy atom. The molecule has 0 fully saturated rings. The predicted molar refractivity (Wildman–Crippen MR) is 154 cm³/mol. The molecule has 0 N–H and O–H groups in total. The number of halogens is 3. The zero-order valence-corrected chi connectivity index (χ0v) is 23.9. The van der Waals surface area contributed by atoms with Crippen molar-refractivity contribution in [3.63, 3.8) is 0 Å². The maximum absolute atomic E-state index is 13.8. The third-order valence-electron chi connectivity index (χ3n) is 6.15. The molecule has 0 spiro atoms. The number of rotatable bonds is 5. The summed E-state index contributed by atoms with van der Waals surface area (Å²) in [4.78, 5) is 6.38. The Balaban J connectivity index is 1.78. The first-order chi connectivity index (χ1) is 17.5. The van der Waals surface area contributed by atoms with Gasteiger partial charge in [-0.2, -0.15) is 13.2 Å². The van der Waals surface area contributed by atoms with E-state index in [9.17, 15) is 17.7 Å². The number of benzene rings is 2. The largest absolute Gasteiger partial charge is 0.416 e. The van der Waals surface area contributed by atoms with Crippen molar-refractivity contribution in [2.24, 2.45) is 0 Å². The van der Waals surface area contributed by atoms with E-state index in [1.165, 1.54) is 27.2 Å². The van der Waals surface area contributed by atoms with Crippen LogP contribution in [0, 0.1) is 27.7 Å². The van der Waals surface area contributed by atoms with E-state index >= 15 is 0 Å². The van der Waals surface area contributed by atoms with E-state index in [1.807, 2.05) is 12.1 Å². The van der Waals surface area contributed by atoms with Crippen molar-refractivity contribution in [2.75, 3.05) is 0 Å². The second-order valence-corrected chi connectivity index (χ2v) is 14.4. The minimum Gasteiger partial charge on any atom is -0.166 e. The molecule has 0 aliphatic heterocycles. The number of hydrogen-bond acceptors (Lipinski definition) is 4. The van der Waals surface area contributed by atoms with E-state index in [1.54, 1.807) is 46.9 Å². The van der Waals surface area contributed by atoms with Crippen molar-refractivity contribution in [3.8, 4) is 32.0 Å². The number of alkyl halides is 3. The highest BCUT2D eigenvalue weighted by molar-refractivity contribution is 7.61. The van der Waals surface area contributed by atoms with Crippen molar-refractivity contribution in [1.29, 1.82) is 0 Å². The van der Waals surface area contributed by atoms with E-state index in [2.05, 4.69) is 39.8 Å². The quantitative estimate of drug-likeness (QED) is 0.192. The van der Waals surface area contributed by atoms with Gasteiger partial charge >= 0.3 is 14.0 Å². The van der Waals surface area contributed by atoms with E-state index < -0.39 is 19.5 Å². The average Bonchev–Trinajstić information content (AvgIpc) is 3.53. The van der Waals surface area contributed by atoms with Gasteiger partial charge in [0, 0.05) is 46.0 Å². The summed E-state index contributed by atoms with van der Waals surface area (Å²) in [7, 11) is -2.08. The monoisotopic (exact) mass is 571 g/mol. The van der Waals surface area contributed by atoms with Crippen LogP contribution in [-0.4, -0.2) is 0 Å². The van der Waals surface area contributed by atoms with Crippen molar-refractivity contribution < 1.29 is 17.7 Å². The first-order valence-corrected chi connectivity index (χ1v) is 15.3. The first kappa shape index (κ1) is 26.1. The lowest BCUT2D eigenvalue weighted by Crippen LogP contribution is -2.12. The van der Waals surface area contributed by atoms with Crippen LogP contribution < -0.4 is 10.6 Å². The van der Waals surface area contributed by atoms with Crippen molar-refractivity contribution >= 4 is 52.4 Å². The molecular formula is C29H23F3OPS3+. The van der Waals surface area contributed by atoms with Gasteiger partial charge in [-0.15, -0.1) is 34.0 Å². The summed E-state index contributed by atoms with van der Waals surface area (Å²) in [6.07, 6.45) is -4.50. The summed E-state index contributed by atoms with van der Waals surface area (Å²) in [5.74, 6) is 0. The smallest absolute Gasteiger partial charge is 0.166 e. The first-order valence-electron chi connectivity index (χ1n) is 11.6. The normalized spacial score (nSPS) is 12.2. The highest BCUT2D eigenvalue weighted by Crippen LogP contribution is 2.48. The van der Waals surface area contributed by atoms with Crippen LogP contribution in [0.5, 0.6) is 0 Å². The maximum atomic E-state index is 13.8. The van der Waals surface area contributed by atoms with Gasteiger partial charge in [-0.05, 0) is 81.8 Å². The van der Waals surface area contributed by atoms with E-state index in [4.69, 9.17) is 0 Å². The highest BCUT2D eigenvalue weighted by Gasteiger charge is 2.35. The van der Waals surface area contributed by atoms with Gasteiger partial charge in [-0.1, -0.05) is 22.8 Å². The fourth-order valence-electron chi connectivity index (χ4n) is 4.47. The van der Waals surface area contributed by atoms with Crippen LogP contribution in [0.4, 0.5) is 13.2 Å². The maximum Gasteiger partial charge on any atom is 0.416 e. The Morgan fingerprint density at radius 3 is 1.86 bits per heavy atom. The SMILES string of the molecule is Cc1cc(-c2cc(-c3cc(C(F)(F)F)ccc3[P+](=O)c3ccccc3)sc2-c2cc(C)sc2C)c(C)s1. The number of thiophene rings is 3. The molecule has 0 aliphatic carbocycles. The number of aryl methyl sites for hydroxylation is 4. The van der Waals surface area contributed by atoms with Crippen LogP contribution in [-0.2, 0) is 10.7 Å². The van der Waals surface area contributed by atoms with Gasteiger partial charge in [-0.25, -0.2) is 0 Å². The molecule has 5 rings (SSSR count). The summed E-state index contributed by atoms with van der Waals surface area (Å²) in [6.45, 7) is 8.26. The minimum atomic E-state index is -4.50. The standard InChI is InChI=1S/C29H23F3OPS3/c1-16-12-22(18(3)35-16)24-15-27(37-28(24)23-13-17(2)36-19(23)4)25-14-20(29(30,31)32)10-11-26(25)34(33)21-8-6-5-7-9-21/h5-15H,1-4H3/q+1. The third kappa shape index (κ3) is 5.10. The Labute approximate surface area is 227 Å². The van der Waals surface area contributed by atoms with Gasteiger partial charge in [0.1, 0.15) is 0 Å². The third-order valence-corrected chi connectivity index (χ3v) is 10.9. The fourth-order valence-corrected chi connectivity index (χ4v) is 9.09. The van der Waals surface area contributed by atoms with Crippen LogP contribution >= 0.6 is 41.8 Å². The lowest BCUT2D eigenvalue weighted by Gasteiger charge is -2.08. The zero-order chi connectivity index (χ0) is 26.5. The summed E-state index contributed by atoms with van der Waals surface area (Å²) in [6, 6.07) is 18.7. The topological polar surface area (TPSA) is 17.1 Å². The second-order valence-electron chi connectivity index (χ2n) is 8.87. The fraction of sp³-hybridized carbons (Fsp3) is 0.172. The van der Waals surface area contributed by atoms with Crippen LogP contribution in [0.2, 0.25) is 0 Å². The molecule has 0 saturated heterocycles. The molecule has 2 aromatic carbocycles. The van der Waals surface area contributed by atoms with Gasteiger partial charge in [0.25, 0.3) is 0 Å². The second kappa shape index (κ2) is 9.95. The molecule has 3 heterocycles. The van der Waals surface area contributed by atoms with Crippen molar-refractivity contribution in [3.05, 3.63) is 91.8 Å². The lowest BCUT2D eigenvalue weighted by atomic mass is 10.0. The van der Waals surface area contributed by atoms with Gasteiger partial charge in [0.2, 0.25) is 5.30 Å². The van der Waals surface area contributed by atoms with Crippen molar-refractivity contribution in [1.82, 2.24) is 0 Å². The van der Waals surface area contributed by atoms with Crippen molar-refractivity contribution in [2.45, 2.75) is 33.9 Å². The Kier molecular flexibility index (Phi) is 7.01. The summed E-state index contributed by atoms with van der Waals surface area (Å²) in [5, 5.41) is 0.995. The molecule has 1 atom stereocenters. The molecule has 1 unspecified atom stereocenters. The summed E-state index contributed by atoms with van der Waals surface area (Å²) in [5.41, 5.74) is 2.80. The molecule has 1 nitrogen and oxygen atoms in total. The van der Waals surface area contributed by atoms with Gasteiger partial charge in [0.15, 0.2) is 5.30 Å². The van der Waals surface area contributed by atoms with E-state index in [0.717, 1.165) is 43.5 Å². The Hall–Kier alpha value is -2.57. The molecule has 8 heteroatoms. The number of hydrogen-bond donors (Lipinski definition) is 0. The molecular weight excluding hydrogens is 548 g/mol. The van der Waals surface area contributed by atoms with Crippen LogP contribution in [0.15, 0.2) is 66.7 Å². The van der Waals surface area contributed by atoms with E-state index in [-0.39, 0.29) is 0 Å². The summed E-state index contributed by atoms with van der Waals surface area (Å²) >= 11 is 4.88. The molecule has 37 heavy (non-hydrogen) atoms.